The summed E-state index contributed by atoms with van der Waals surface area (Å²) in [7, 11) is 0. The van der Waals surface area contributed by atoms with Gasteiger partial charge in [-0.25, -0.2) is 4.39 Å². The van der Waals surface area contributed by atoms with E-state index in [1.807, 2.05) is 0 Å². The predicted octanol–water partition coefficient (Wildman–Crippen LogP) is 2.90. The number of amides is 1. The maximum Gasteiger partial charge on any atom is 0.248 e. The first-order chi connectivity index (χ1) is 8.95. The molecule has 2 aromatic carbocycles. The van der Waals surface area contributed by atoms with Gasteiger partial charge in [-0.3, -0.25) is 4.79 Å². The molecule has 98 valence electrons. The first kappa shape index (κ1) is 13.2. The lowest BCUT2D eigenvalue weighted by Crippen LogP contribution is -2.11. The Bertz CT molecular complexity index is 626. The molecule has 0 spiro atoms. The normalized spacial score (nSPS) is 10.2. The topological polar surface area (TPSA) is 81.1 Å². The van der Waals surface area contributed by atoms with E-state index in [0.29, 0.717) is 22.6 Å². The van der Waals surface area contributed by atoms with Gasteiger partial charge in [0.1, 0.15) is 5.82 Å². The van der Waals surface area contributed by atoms with Gasteiger partial charge in [-0.05, 0) is 36.4 Å². The molecule has 19 heavy (non-hydrogen) atoms. The summed E-state index contributed by atoms with van der Waals surface area (Å²) in [6, 6.07) is 8.56. The number of carbonyl (C=O) groups is 1. The van der Waals surface area contributed by atoms with Crippen molar-refractivity contribution in [2.24, 2.45) is 5.73 Å². The minimum Gasteiger partial charge on any atom is -0.397 e. The van der Waals surface area contributed by atoms with Crippen molar-refractivity contribution in [1.29, 1.82) is 0 Å². The Morgan fingerprint density at radius 1 is 1.21 bits per heavy atom. The van der Waals surface area contributed by atoms with Crippen molar-refractivity contribution in [3.8, 4) is 0 Å². The van der Waals surface area contributed by atoms with Crippen molar-refractivity contribution in [2.75, 3.05) is 11.1 Å². The lowest BCUT2D eigenvalue weighted by molar-refractivity contribution is 0.100. The number of hydrogen-bond donors (Lipinski definition) is 3. The molecule has 0 unspecified atom stereocenters. The molecule has 0 aliphatic heterocycles. The minimum absolute atomic E-state index is 0.257. The fraction of sp³-hybridized carbons (Fsp3) is 0. The summed E-state index contributed by atoms with van der Waals surface area (Å²) in [5.74, 6) is -1.04. The first-order valence-electron chi connectivity index (χ1n) is 5.38. The lowest BCUT2D eigenvalue weighted by atomic mass is 10.1. The van der Waals surface area contributed by atoms with Crippen LogP contribution in [0.15, 0.2) is 36.4 Å². The van der Waals surface area contributed by atoms with E-state index >= 15 is 0 Å². The van der Waals surface area contributed by atoms with Crippen LogP contribution in [-0.2, 0) is 0 Å². The van der Waals surface area contributed by atoms with Gasteiger partial charge in [0.2, 0.25) is 5.91 Å². The highest BCUT2D eigenvalue weighted by molar-refractivity contribution is 6.30. The van der Waals surface area contributed by atoms with Crippen molar-refractivity contribution >= 4 is 34.6 Å². The number of rotatable bonds is 3. The number of halogens is 2. The molecule has 2 aromatic rings. The Kier molecular flexibility index (Phi) is 3.57. The fourth-order valence-electron chi connectivity index (χ4n) is 1.60. The van der Waals surface area contributed by atoms with Gasteiger partial charge in [0.25, 0.3) is 0 Å². The molecule has 0 radical (unpaired) electrons. The zero-order valence-corrected chi connectivity index (χ0v) is 10.5. The van der Waals surface area contributed by atoms with Crippen molar-refractivity contribution in [3.63, 3.8) is 0 Å². The maximum atomic E-state index is 13.2. The van der Waals surface area contributed by atoms with E-state index in [9.17, 15) is 9.18 Å². The van der Waals surface area contributed by atoms with Gasteiger partial charge in [0.15, 0.2) is 0 Å². The standard InChI is InChI=1S/C13H11ClFN3O/c14-8-4-9(15)6-10(5-8)18-12-3-7(13(17)19)1-2-11(12)16/h1-6,18H,16H2,(H2,17,19). The number of benzene rings is 2. The third-order valence-corrected chi connectivity index (χ3v) is 2.70. The van der Waals surface area contributed by atoms with Crippen LogP contribution in [0.1, 0.15) is 10.4 Å². The summed E-state index contributed by atoms with van der Waals surface area (Å²) < 4.78 is 13.2. The number of nitrogens with two attached hydrogens (primary N) is 2. The SMILES string of the molecule is NC(=O)c1ccc(N)c(Nc2cc(F)cc(Cl)c2)c1. The van der Waals surface area contributed by atoms with Crippen LogP contribution in [0.3, 0.4) is 0 Å². The second-order valence-electron chi connectivity index (χ2n) is 3.95. The summed E-state index contributed by atoms with van der Waals surface area (Å²) in [4.78, 5) is 11.1. The highest BCUT2D eigenvalue weighted by Gasteiger charge is 2.06. The number of hydrogen-bond acceptors (Lipinski definition) is 3. The van der Waals surface area contributed by atoms with Crippen LogP contribution in [0.2, 0.25) is 5.02 Å². The van der Waals surface area contributed by atoms with Crippen LogP contribution in [0.4, 0.5) is 21.5 Å². The molecule has 0 heterocycles. The molecular weight excluding hydrogens is 269 g/mol. The molecule has 0 aromatic heterocycles. The second kappa shape index (κ2) is 5.16. The third kappa shape index (κ3) is 3.14. The number of carbonyl (C=O) groups excluding carboxylic acids is 1. The van der Waals surface area contributed by atoms with Crippen molar-refractivity contribution in [1.82, 2.24) is 0 Å². The van der Waals surface area contributed by atoms with Crippen LogP contribution in [0.5, 0.6) is 0 Å². The molecule has 4 nitrogen and oxygen atoms in total. The largest absolute Gasteiger partial charge is 0.397 e. The van der Waals surface area contributed by atoms with Gasteiger partial charge in [0, 0.05) is 16.3 Å². The maximum absolute atomic E-state index is 13.2. The lowest BCUT2D eigenvalue weighted by Gasteiger charge is -2.11. The van der Waals surface area contributed by atoms with E-state index in [1.54, 1.807) is 12.1 Å². The predicted molar refractivity (Wildman–Crippen MR) is 74.1 cm³/mol. The smallest absolute Gasteiger partial charge is 0.248 e. The molecule has 6 heteroatoms. The van der Waals surface area contributed by atoms with E-state index in [4.69, 9.17) is 23.1 Å². The first-order valence-corrected chi connectivity index (χ1v) is 5.76. The van der Waals surface area contributed by atoms with Crippen molar-refractivity contribution < 1.29 is 9.18 Å². The van der Waals surface area contributed by atoms with Crippen molar-refractivity contribution in [2.45, 2.75) is 0 Å². The van der Waals surface area contributed by atoms with Crippen LogP contribution in [0.25, 0.3) is 0 Å². The Balaban J connectivity index is 2.37. The molecule has 0 fully saturated rings. The fourth-order valence-corrected chi connectivity index (χ4v) is 1.82. The summed E-state index contributed by atoms with van der Waals surface area (Å²) in [6.45, 7) is 0. The summed E-state index contributed by atoms with van der Waals surface area (Å²) in [5, 5.41) is 3.15. The number of nitrogen functional groups attached to an aromatic ring is 1. The minimum atomic E-state index is -0.569. The molecule has 1 amide bonds. The van der Waals surface area contributed by atoms with E-state index in [-0.39, 0.29) is 5.02 Å². The Hall–Kier alpha value is -2.27. The summed E-state index contributed by atoms with van der Waals surface area (Å²) in [5.41, 5.74) is 12.6. The molecular formula is C13H11ClFN3O. The molecule has 0 aliphatic carbocycles. The van der Waals surface area contributed by atoms with E-state index in [2.05, 4.69) is 5.32 Å². The third-order valence-electron chi connectivity index (χ3n) is 2.48. The molecule has 0 aliphatic rings. The van der Waals surface area contributed by atoms with E-state index in [0.717, 1.165) is 0 Å². The van der Waals surface area contributed by atoms with Crippen LogP contribution < -0.4 is 16.8 Å². The van der Waals surface area contributed by atoms with E-state index < -0.39 is 11.7 Å². The Morgan fingerprint density at radius 2 is 1.95 bits per heavy atom. The number of anilines is 3. The molecule has 0 bridgehead atoms. The second-order valence-corrected chi connectivity index (χ2v) is 4.39. The van der Waals surface area contributed by atoms with Gasteiger partial charge in [-0.1, -0.05) is 11.6 Å². The number of primary amides is 1. The highest BCUT2D eigenvalue weighted by Crippen LogP contribution is 2.26. The molecule has 0 atom stereocenters. The summed E-state index contributed by atoms with van der Waals surface area (Å²) >= 11 is 5.75. The van der Waals surface area contributed by atoms with Gasteiger partial charge in [-0.2, -0.15) is 0 Å². The number of nitrogens with one attached hydrogen (secondary N) is 1. The van der Waals surface area contributed by atoms with Gasteiger partial charge in [-0.15, -0.1) is 0 Å². The van der Waals surface area contributed by atoms with Crippen molar-refractivity contribution in [3.05, 3.63) is 52.8 Å². The highest BCUT2D eigenvalue weighted by atomic mass is 35.5. The average Bonchev–Trinajstić information content (AvgIpc) is 2.30. The van der Waals surface area contributed by atoms with Gasteiger partial charge < -0.3 is 16.8 Å². The zero-order valence-electron chi connectivity index (χ0n) is 9.78. The quantitative estimate of drug-likeness (QED) is 0.756. The molecule has 0 saturated heterocycles. The monoisotopic (exact) mass is 279 g/mol. The average molecular weight is 280 g/mol. The molecule has 5 N–H and O–H groups in total. The van der Waals surface area contributed by atoms with Crippen LogP contribution in [0, 0.1) is 5.82 Å². The Morgan fingerprint density at radius 3 is 2.58 bits per heavy atom. The molecule has 0 saturated carbocycles. The Labute approximate surface area is 114 Å². The van der Waals surface area contributed by atoms with Crippen LogP contribution in [-0.4, -0.2) is 5.91 Å². The van der Waals surface area contributed by atoms with Gasteiger partial charge in [0.05, 0.1) is 11.4 Å². The zero-order chi connectivity index (χ0) is 14.0. The van der Waals surface area contributed by atoms with Crippen LogP contribution >= 0.6 is 11.6 Å². The summed E-state index contributed by atoms with van der Waals surface area (Å²) in [6.07, 6.45) is 0. The van der Waals surface area contributed by atoms with E-state index in [1.165, 1.54) is 24.3 Å². The molecule has 2 rings (SSSR count). The van der Waals surface area contributed by atoms with Gasteiger partial charge >= 0.3 is 0 Å².